The first kappa shape index (κ1) is 30.1. The van der Waals surface area contributed by atoms with Crippen LogP contribution < -0.4 is 0 Å². The van der Waals surface area contributed by atoms with Gasteiger partial charge in [-0.15, -0.1) is 0 Å². The van der Waals surface area contributed by atoms with E-state index >= 15 is 0 Å². The van der Waals surface area contributed by atoms with Crippen molar-refractivity contribution in [3.63, 3.8) is 0 Å². The lowest BCUT2D eigenvalue weighted by molar-refractivity contribution is -0.286. The van der Waals surface area contributed by atoms with Crippen molar-refractivity contribution in [1.29, 1.82) is 0 Å². The molecule has 0 aromatic heterocycles. The Hall–Kier alpha value is -1.89. The fourth-order valence-electron chi connectivity index (χ4n) is 10.1. The minimum absolute atomic E-state index is 0.0971. The highest BCUT2D eigenvalue weighted by atomic mass is 16.7. The van der Waals surface area contributed by atoms with Gasteiger partial charge in [-0.05, 0) is 62.9 Å². The van der Waals surface area contributed by atoms with Crippen molar-refractivity contribution in [2.75, 3.05) is 6.61 Å². The van der Waals surface area contributed by atoms with E-state index in [0.29, 0.717) is 38.5 Å². The molecule has 6 rings (SSSR count). The summed E-state index contributed by atoms with van der Waals surface area (Å²) < 4.78 is 22.9. The van der Waals surface area contributed by atoms with E-state index in [4.69, 9.17) is 18.9 Å². The average Bonchev–Trinajstić information content (AvgIpc) is 3.43. The van der Waals surface area contributed by atoms with Crippen molar-refractivity contribution in [2.24, 2.45) is 28.6 Å². The van der Waals surface area contributed by atoms with Gasteiger partial charge in [0, 0.05) is 43.6 Å². The maximum Gasteiger partial charge on any atom is 0.331 e. The van der Waals surface area contributed by atoms with E-state index in [0.717, 1.165) is 11.9 Å². The molecule has 13 atom stereocenters. The Morgan fingerprint density at radius 2 is 1.83 bits per heavy atom. The van der Waals surface area contributed by atoms with Gasteiger partial charge in [0.05, 0.1) is 34.9 Å². The van der Waals surface area contributed by atoms with Gasteiger partial charge in [0.15, 0.2) is 6.29 Å². The van der Waals surface area contributed by atoms with E-state index in [1.54, 1.807) is 6.92 Å². The monoisotopic (exact) mass is 592 g/mol. The van der Waals surface area contributed by atoms with Gasteiger partial charge in [-0.3, -0.25) is 4.79 Å². The van der Waals surface area contributed by atoms with E-state index in [2.05, 4.69) is 0 Å². The molecule has 11 nitrogen and oxygen atoms in total. The minimum Gasteiger partial charge on any atom is -0.462 e. The molecule has 1 saturated heterocycles. The second-order valence-corrected chi connectivity index (χ2v) is 14.0. The Labute approximate surface area is 245 Å². The third kappa shape index (κ3) is 4.33. The van der Waals surface area contributed by atoms with Crippen molar-refractivity contribution in [3.8, 4) is 0 Å². The number of aliphatic hydroxyl groups is 4. The molecule has 5 fully saturated rings. The van der Waals surface area contributed by atoms with Gasteiger partial charge in [-0.2, -0.15) is 0 Å². The highest BCUT2D eigenvalue weighted by Gasteiger charge is 2.73. The first-order valence-corrected chi connectivity index (χ1v) is 15.4. The molecule has 0 radical (unpaired) electrons. The highest BCUT2D eigenvalue weighted by Crippen LogP contribution is 2.70. The molecule has 4 aliphatic carbocycles. The summed E-state index contributed by atoms with van der Waals surface area (Å²) in [5, 5.41) is 45.0. The summed E-state index contributed by atoms with van der Waals surface area (Å²) in [5.41, 5.74) is -3.72. The molecular formula is C31H44O11. The van der Waals surface area contributed by atoms with Gasteiger partial charge < -0.3 is 44.2 Å². The molecular weight excluding hydrogens is 548 g/mol. The third-order valence-corrected chi connectivity index (χ3v) is 12.1. The van der Waals surface area contributed by atoms with Gasteiger partial charge in [-0.1, -0.05) is 6.92 Å². The first-order valence-electron chi connectivity index (χ1n) is 15.4. The van der Waals surface area contributed by atoms with Crippen LogP contribution in [0.3, 0.4) is 0 Å². The summed E-state index contributed by atoms with van der Waals surface area (Å²) >= 11 is 0. The molecule has 4 saturated carbocycles. The van der Waals surface area contributed by atoms with E-state index in [-0.39, 0.29) is 37.7 Å². The zero-order valence-electron chi connectivity index (χ0n) is 24.6. The van der Waals surface area contributed by atoms with E-state index < -0.39 is 76.7 Å². The molecule has 11 heteroatoms. The number of hydrogen-bond donors (Lipinski definition) is 4. The number of hydrogen-bond acceptors (Lipinski definition) is 11. The lowest BCUT2D eigenvalue weighted by Crippen LogP contribution is -2.69. The average molecular weight is 593 g/mol. The lowest BCUT2D eigenvalue weighted by atomic mass is 9.41. The van der Waals surface area contributed by atoms with Crippen molar-refractivity contribution in [1.82, 2.24) is 0 Å². The first-order chi connectivity index (χ1) is 19.8. The number of cyclic esters (lactones) is 1. The molecule has 0 amide bonds. The quantitative estimate of drug-likeness (QED) is 0.206. The predicted octanol–water partition coefficient (Wildman–Crippen LogP) is 1.32. The fourth-order valence-corrected chi connectivity index (χ4v) is 10.1. The summed E-state index contributed by atoms with van der Waals surface area (Å²) in [4.78, 5) is 37.2. The van der Waals surface area contributed by atoms with E-state index in [1.807, 2.05) is 6.92 Å². The number of aldehydes is 1. The van der Waals surface area contributed by atoms with Crippen molar-refractivity contribution in [3.05, 3.63) is 11.6 Å². The molecule has 2 aliphatic heterocycles. The summed E-state index contributed by atoms with van der Waals surface area (Å²) in [6.45, 7) is 5.10. The van der Waals surface area contributed by atoms with Crippen LogP contribution in [0.5, 0.6) is 0 Å². The van der Waals surface area contributed by atoms with Gasteiger partial charge in [0.25, 0.3) is 0 Å². The molecule has 234 valence electrons. The second kappa shape index (κ2) is 10.3. The van der Waals surface area contributed by atoms with Crippen LogP contribution in [0.1, 0.15) is 78.6 Å². The van der Waals surface area contributed by atoms with Crippen LogP contribution in [-0.4, -0.2) is 93.3 Å². The maximum atomic E-state index is 13.1. The minimum atomic E-state index is -1.34. The number of ether oxygens (including phenoxy) is 4. The summed E-state index contributed by atoms with van der Waals surface area (Å²) in [5.74, 6) is -1.91. The number of carbonyl (C=O) groups excluding carboxylic acids is 3. The Morgan fingerprint density at radius 1 is 1.10 bits per heavy atom. The molecule has 0 bridgehead atoms. The van der Waals surface area contributed by atoms with Crippen LogP contribution >= 0.6 is 0 Å². The predicted molar refractivity (Wildman–Crippen MR) is 144 cm³/mol. The normalized spacial score (nSPS) is 51.9. The fraction of sp³-hybridized carbons (Fsp3) is 0.839. The van der Waals surface area contributed by atoms with Crippen LogP contribution in [0.2, 0.25) is 0 Å². The van der Waals surface area contributed by atoms with Gasteiger partial charge in [-0.25, -0.2) is 4.79 Å². The molecule has 6 aliphatic rings. The number of carbonyl (C=O) groups is 3. The SMILES string of the molecule is CC(=O)O[C@H]1C[C@]2(O)[C@@H]3CC[C@]4(O)C[C@@H](O[C@H]5C[C@@H](O)[C@H](O)[C@@H](C)O5)CC[C@]4(C=O)[C@H]3CC[C@]2(C)[C@H]1C1=CC(=O)OC1. The second-order valence-electron chi connectivity index (χ2n) is 14.0. The zero-order chi connectivity index (χ0) is 30.2. The summed E-state index contributed by atoms with van der Waals surface area (Å²) in [6, 6.07) is 0. The Kier molecular flexibility index (Phi) is 7.42. The van der Waals surface area contributed by atoms with E-state index in [1.165, 1.54) is 13.0 Å². The Morgan fingerprint density at radius 3 is 2.48 bits per heavy atom. The molecule has 4 N–H and O–H groups in total. The standard InChI is InChI=1S/C31H44O11/c1-16-27(36)22(34)11-25(40-16)42-19-4-8-29(15-32)20-5-7-28(3)26(18-10-24(35)39-14-18)23(41-17(2)33)13-31(28,38)21(20)6-9-30(29,37)12-19/h10,15-16,19-23,25-27,34,36-38H,4-9,11-14H2,1-3H3/t16-,19+,20+,21-,22-,23+,25+,26+,27-,28-,29+,30+,31+/m1/s1. The Balaban J connectivity index is 1.26. The molecule has 2 heterocycles. The number of rotatable bonds is 5. The van der Waals surface area contributed by atoms with Gasteiger partial charge in [0.1, 0.15) is 25.1 Å². The summed E-state index contributed by atoms with van der Waals surface area (Å²) in [6.07, 6.45) is 1.34. The third-order valence-electron chi connectivity index (χ3n) is 12.1. The van der Waals surface area contributed by atoms with Crippen molar-refractivity contribution in [2.45, 2.75) is 127 Å². The highest BCUT2D eigenvalue weighted by molar-refractivity contribution is 5.85. The van der Waals surface area contributed by atoms with Crippen LogP contribution in [-0.2, 0) is 33.3 Å². The lowest BCUT2D eigenvalue weighted by Gasteiger charge is -2.65. The van der Waals surface area contributed by atoms with Crippen molar-refractivity contribution >= 4 is 18.2 Å². The Bertz CT molecular complexity index is 1140. The van der Waals surface area contributed by atoms with Gasteiger partial charge >= 0.3 is 11.9 Å². The number of aliphatic hydroxyl groups excluding tert-OH is 2. The largest absolute Gasteiger partial charge is 0.462 e. The summed E-state index contributed by atoms with van der Waals surface area (Å²) in [7, 11) is 0. The molecule has 42 heavy (non-hydrogen) atoms. The van der Waals surface area contributed by atoms with Crippen LogP contribution in [0.4, 0.5) is 0 Å². The van der Waals surface area contributed by atoms with E-state index in [9.17, 15) is 34.8 Å². The number of esters is 2. The molecule has 0 aromatic rings. The van der Waals surface area contributed by atoms with Gasteiger partial charge in [0.2, 0.25) is 0 Å². The van der Waals surface area contributed by atoms with Crippen molar-refractivity contribution < 1.29 is 53.8 Å². The smallest absolute Gasteiger partial charge is 0.331 e. The van der Waals surface area contributed by atoms with Crippen LogP contribution in [0.15, 0.2) is 11.6 Å². The van der Waals surface area contributed by atoms with Crippen LogP contribution in [0.25, 0.3) is 0 Å². The topological polar surface area (TPSA) is 169 Å². The zero-order valence-corrected chi connectivity index (χ0v) is 24.6. The maximum absolute atomic E-state index is 13.1. The molecule has 0 spiro atoms. The molecule has 0 aromatic carbocycles. The number of fused-ring (bicyclic) bond motifs is 5. The molecule has 0 unspecified atom stereocenters. The van der Waals surface area contributed by atoms with Crippen LogP contribution in [0, 0.1) is 28.6 Å².